The summed E-state index contributed by atoms with van der Waals surface area (Å²) in [5.74, 6) is -0.135. The van der Waals surface area contributed by atoms with Gasteiger partial charge in [0.1, 0.15) is 5.69 Å². The standard InChI is InChI=1S/C19H25N5O/c1-18(2)9-14(10-19(3,4)24-18)23-17(25)15-6-5-13(11-22-15)16-12-20-7-8-21-16/h5-8,11-12,14,24H,9-10H2,1-4H3,(H,23,25). The molecule has 0 aromatic carbocycles. The minimum Gasteiger partial charge on any atom is -0.348 e. The largest absolute Gasteiger partial charge is 0.348 e. The Morgan fingerprint density at radius 3 is 2.36 bits per heavy atom. The van der Waals surface area contributed by atoms with Crippen LogP contribution in [0.3, 0.4) is 0 Å². The Bertz CT molecular complexity index is 724. The zero-order valence-electron chi connectivity index (χ0n) is 15.2. The number of hydrogen-bond donors (Lipinski definition) is 2. The number of aromatic nitrogens is 3. The highest BCUT2D eigenvalue weighted by Gasteiger charge is 2.38. The Kier molecular flexibility index (Phi) is 4.56. The van der Waals surface area contributed by atoms with Gasteiger partial charge in [-0.15, -0.1) is 0 Å². The van der Waals surface area contributed by atoms with Gasteiger partial charge in [-0.25, -0.2) is 0 Å². The molecule has 0 unspecified atom stereocenters. The van der Waals surface area contributed by atoms with Crippen molar-refractivity contribution < 1.29 is 4.79 Å². The lowest BCUT2D eigenvalue weighted by Crippen LogP contribution is -2.62. The first kappa shape index (κ1) is 17.5. The van der Waals surface area contributed by atoms with Crippen molar-refractivity contribution in [3.8, 4) is 11.3 Å². The van der Waals surface area contributed by atoms with E-state index in [2.05, 4.69) is 53.3 Å². The second-order valence-electron chi connectivity index (χ2n) is 7.99. The molecule has 1 fully saturated rings. The van der Waals surface area contributed by atoms with E-state index in [4.69, 9.17) is 0 Å². The zero-order valence-corrected chi connectivity index (χ0v) is 15.2. The van der Waals surface area contributed by atoms with Gasteiger partial charge in [-0.1, -0.05) is 0 Å². The van der Waals surface area contributed by atoms with Crippen LogP contribution in [-0.4, -0.2) is 38.0 Å². The molecule has 0 aliphatic carbocycles. The third-order valence-corrected chi connectivity index (χ3v) is 4.38. The molecule has 1 aliphatic rings. The van der Waals surface area contributed by atoms with Gasteiger partial charge in [-0.05, 0) is 52.7 Å². The second kappa shape index (κ2) is 6.52. The highest BCUT2D eigenvalue weighted by atomic mass is 16.1. The number of nitrogens with zero attached hydrogens (tertiary/aromatic N) is 3. The minimum atomic E-state index is -0.135. The number of piperidine rings is 1. The summed E-state index contributed by atoms with van der Waals surface area (Å²) in [6, 6.07) is 3.71. The molecule has 0 saturated carbocycles. The average Bonchev–Trinajstić information content (AvgIpc) is 2.53. The fraction of sp³-hybridized carbons (Fsp3) is 0.474. The molecular formula is C19H25N5O. The summed E-state index contributed by atoms with van der Waals surface area (Å²) < 4.78 is 0. The van der Waals surface area contributed by atoms with Crippen molar-refractivity contribution in [2.24, 2.45) is 0 Å². The summed E-state index contributed by atoms with van der Waals surface area (Å²) in [5.41, 5.74) is 1.98. The van der Waals surface area contributed by atoms with Gasteiger partial charge in [-0.2, -0.15) is 0 Å². The highest BCUT2D eigenvalue weighted by molar-refractivity contribution is 5.92. The predicted octanol–water partition coefficient (Wildman–Crippen LogP) is 2.58. The SMILES string of the molecule is CC1(C)CC(NC(=O)c2ccc(-c3cnccn3)cn2)CC(C)(C)N1. The molecule has 25 heavy (non-hydrogen) atoms. The molecule has 1 aliphatic heterocycles. The monoisotopic (exact) mass is 339 g/mol. The van der Waals surface area contributed by atoms with E-state index in [9.17, 15) is 4.79 Å². The van der Waals surface area contributed by atoms with Crippen molar-refractivity contribution in [2.45, 2.75) is 57.7 Å². The van der Waals surface area contributed by atoms with Gasteiger partial charge >= 0.3 is 0 Å². The van der Waals surface area contributed by atoms with Gasteiger partial charge in [0.2, 0.25) is 0 Å². The minimum absolute atomic E-state index is 0.0110. The number of pyridine rings is 1. The normalized spacial score (nSPS) is 19.4. The first-order valence-electron chi connectivity index (χ1n) is 8.57. The zero-order chi connectivity index (χ0) is 18.1. The number of rotatable bonds is 3. The molecule has 2 N–H and O–H groups in total. The molecular weight excluding hydrogens is 314 g/mol. The quantitative estimate of drug-likeness (QED) is 0.898. The molecule has 2 aromatic heterocycles. The number of hydrogen-bond acceptors (Lipinski definition) is 5. The van der Waals surface area contributed by atoms with Crippen LogP contribution in [0.15, 0.2) is 36.9 Å². The van der Waals surface area contributed by atoms with Crippen molar-refractivity contribution in [1.82, 2.24) is 25.6 Å². The van der Waals surface area contributed by atoms with Crippen LogP contribution < -0.4 is 10.6 Å². The van der Waals surface area contributed by atoms with Crippen molar-refractivity contribution in [3.05, 3.63) is 42.6 Å². The summed E-state index contributed by atoms with van der Waals surface area (Å²) in [5, 5.41) is 6.76. The number of carbonyl (C=O) groups is 1. The Labute approximate surface area is 148 Å². The van der Waals surface area contributed by atoms with Crippen molar-refractivity contribution in [2.75, 3.05) is 0 Å². The first-order valence-corrected chi connectivity index (χ1v) is 8.57. The van der Waals surface area contributed by atoms with Gasteiger partial charge < -0.3 is 10.6 Å². The van der Waals surface area contributed by atoms with Crippen LogP contribution in [0, 0.1) is 0 Å². The predicted molar refractivity (Wildman–Crippen MR) is 97.0 cm³/mol. The summed E-state index contributed by atoms with van der Waals surface area (Å²) in [7, 11) is 0. The number of amides is 1. The smallest absolute Gasteiger partial charge is 0.270 e. The Morgan fingerprint density at radius 2 is 1.80 bits per heavy atom. The fourth-order valence-corrected chi connectivity index (χ4v) is 3.81. The first-order chi connectivity index (χ1) is 11.7. The van der Waals surface area contributed by atoms with E-state index in [1.807, 2.05) is 6.07 Å². The summed E-state index contributed by atoms with van der Waals surface area (Å²) in [4.78, 5) is 25.1. The van der Waals surface area contributed by atoms with Gasteiger partial charge in [0.25, 0.3) is 5.91 Å². The van der Waals surface area contributed by atoms with Gasteiger partial charge in [0.15, 0.2) is 0 Å². The van der Waals surface area contributed by atoms with Crippen LogP contribution in [0.2, 0.25) is 0 Å². The lowest BCUT2D eigenvalue weighted by Gasteiger charge is -2.46. The number of nitrogens with one attached hydrogen (secondary N) is 2. The Balaban J connectivity index is 1.69. The molecule has 1 saturated heterocycles. The number of carbonyl (C=O) groups excluding carboxylic acids is 1. The Morgan fingerprint density at radius 1 is 1.08 bits per heavy atom. The van der Waals surface area contributed by atoms with Crippen molar-refractivity contribution in [3.63, 3.8) is 0 Å². The van der Waals surface area contributed by atoms with Crippen LogP contribution in [0.5, 0.6) is 0 Å². The van der Waals surface area contributed by atoms with E-state index in [0.29, 0.717) is 5.69 Å². The van der Waals surface area contributed by atoms with Crippen LogP contribution in [0.25, 0.3) is 11.3 Å². The second-order valence-corrected chi connectivity index (χ2v) is 7.99. The molecule has 0 bridgehead atoms. The Hall–Kier alpha value is -2.34. The molecule has 0 atom stereocenters. The molecule has 6 nitrogen and oxygen atoms in total. The van der Waals surface area contributed by atoms with Crippen LogP contribution in [0.1, 0.15) is 51.0 Å². The summed E-state index contributed by atoms with van der Waals surface area (Å²) >= 11 is 0. The van der Waals surface area contributed by atoms with E-state index in [1.54, 1.807) is 30.9 Å². The molecule has 132 valence electrons. The molecule has 0 radical (unpaired) electrons. The van der Waals surface area contributed by atoms with Crippen molar-refractivity contribution >= 4 is 5.91 Å². The van der Waals surface area contributed by atoms with Gasteiger partial charge in [-0.3, -0.25) is 19.7 Å². The molecule has 3 heterocycles. The van der Waals surface area contributed by atoms with E-state index in [0.717, 1.165) is 24.1 Å². The van der Waals surface area contributed by atoms with Gasteiger partial charge in [0.05, 0.1) is 11.9 Å². The molecule has 1 amide bonds. The fourth-order valence-electron chi connectivity index (χ4n) is 3.81. The van der Waals surface area contributed by atoms with Crippen LogP contribution in [-0.2, 0) is 0 Å². The summed E-state index contributed by atoms with van der Waals surface area (Å²) in [6.07, 6.45) is 8.38. The highest BCUT2D eigenvalue weighted by Crippen LogP contribution is 2.28. The molecule has 3 rings (SSSR count). The maximum absolute atomic E-state index is 12.6. The van der Waals surface area contributed by atoms with Crippen molar-refractivity contribution in [1.29, 1.82) is 0 Å². The molecule has 0 spiro atoms. The third kappa shape index (κ3) is 4.39. The summed E-state index contributed by atoms with van der Waals surface area (Å²) in [6.45, 7) is 8.67. The third-order valence-electron chi connectivity index (χ3n) is 4.38. The maximum atomic E-state index is 12.6. The van der Waals surface area contributed by atoms with E-state index in [1.165, 1.54) is 0 Å². The van der Waals surface area contributed by atoms with E-state index >= 15 is 0 Å². The van der Waals surface area contributed by atoms with Gasteiger partial charge in [0, 0.05) is 41.3 Å². The van der Waals surface area contributed by atoms with Crippen LogP contribution >= 0.6 is 0 Å². The maximum Gasteiger partial charge on any atom is 0.270 e. The topological polar surface area (TPSA) is 79.8 Å². The molecule has 2 aromatic rings. The van der Waals surface area contributed by atoms with E-state index in [-0.39, 0.29) is 23.0 Å². The van der Waals surface area contributed by atoms with E-state index < -0.39 is 0 Å². The molecule has 6 heteroatoms. The lowest BCUT2D eigenvalue weighted by molar-refractivity contribution is 0.0868. The average molecular weight is 339 g/mol. The lowest BCUT2D eigenvalue weighted by atomic mass is 9.79. The van der Waals surface area contributed by atoms with Crippen LogP contribution in [0.4, 0.5) is 0 Å².